The third kappa shape index (κ3) is 4.14. The Hall–Kier alpha value is -1.73. The van der Waals surface area contributed by atoms with E-state index in [1.807, 2.05) is 0 Å². The lowest BCUT2D eigenvalue weighted by Crippen LogP contribution is -2.37. The number of hydrogen-bond donors (Lipinski definition) is 2. The maximum atomic E-state index is 13.0. The van der Waals surface area contributed by atoms with Gasteiger partial charge in [-0.3, -0.25) is 4.90 Å². The van der Waals surface area contributed by atoms with E-state index in [0.717, 1.165) is 51.5 Å². The first-order valence-corrected chi connectivity index (χ1v) is 6.59. The molecule has 0 radical (unpaired) electrons. The molecule has 1 aliphatic rings. The molecule has 0 saturated carbocycles. The van der Waals surface area contributed by atoms with E-state index in [1.54, 1.807) is 0 Å². The molecule has 0 amide bonds. The van der Waals surface area contributed by atoms with E-state index >= 15 is 0 Å². The molecule has 7 heteroatoms. The predicted molar refractivity (Wildman–Crippen MR) is 71.5 cm³/mol. The Morgan fingerprint density at radius 2 is 2.25 bits per heavy atom. The van der Waals surface area contributed by atoms with Crippen LogP contribution in [0.4, 0.5) is 10.2 Å². The van der Waals surface area contributed by atoms with Gasteiger partial charge < -0.3 is 15.2 Å². The number of anilines is 1. The number of ether oxygens (including phenoxy) is 1. The Balaban J connectivity index is 1.80. The van der Waals surface area contributed by atoms with Crippen molar-refractivity contribution in [1.29, 1.82) is 0 Å². The fourth-order valence-electron chi connectivity index (χ4n) is 2.08. The van der Waals surface area contributed by atoms with Crippen molar-refractivity contribution in [3.05, 3.63) is 23.6 Å². The first-order chi connectivity index (χ1) is 9.66. The van der Waals surface area contributed by atoms with Crippen molar-refractivity contribution in [2.75, 3.05) is 44.7 Å². The largest absolute Gasteiger partial charge is 0.478 e. The summed E-state index contributed by atoms with van der Waals surface area (Å²) in [5, 5.41) is 11.9. The molecule has 6 nitrogen and oxygen atoms in total. The van der Waals surface area contributed by atoms with Crippen molar-refractivity contribution >= 4 is 11.8 Å². The molecule has 2 heterocycles. The third-order valence-corrected chi connectivity index (χ3v) is 3.13. The summed E-state index contributed by atoms with van der Waals surface area (Å²) < 4.78 is 18.2. The summed E-state index contributed by atoms with van der Waals surface area (Å²) in [4.78, 5) is 17.1. The van der Waals surface area contributed by atoms with Crippen molar-refractivity contribution in [1.82, 2.24) is 9.88 Å². The van der Waals surface area contributed by atoms with Gasteiger partial charge in [0.1, 0.15) is 17.2 Å². The van der Waals surface area contributed by atoms with Gasteiger partial charge >= 0.3 is 5.97 Å². The zero-order chi connectivity index (χ0) is 14.4. The smallest absolute Gasteiger partial charge is 0.339 e. The highest BCUT2D eigenvalue weighted by Gasteiger charge is 2.13. The van der Waals surface area contributed by atoms with Crippen LogP contribution in [-0.2, 0) is 4.74 Å². The minimum absolute atomic E-state index is 0.142. The normalized spacial score (nSPS) is 16.1. The molecule has 2 N–H and O–H groups in total. The van der Waals surface area contributed by atoms with Crippen LogP contribution < -0.4 is 5.32 Å². The van der Waals surface area contributed by atoms with Crippen molar-refractivity contribution in [2.45, 2.75) is 6.42 Å². The van der Waals surface area contributed by atoms with Crippen LogP contribution in [0.1, 0.15) is 16.8 Å². The van der Waals surface area contributed by atoms with Gasteiger partial charge in [-0.15, -0.1) is 0 Å². The van der Waals surface area contributed by atoms with Gasteiger partial charge in [0.25, 0.3) is 0 Å². The quantitative estimate of drug-likeness (QED) is 0.760. The number of morpholine rings is 1. The molecule has 0 unspecified atom stereocenters. The summed E-state index contributed by atoms with van der Waals surface area (Å²) in [7, 11) is 0. The molecular formula is C13H18FN3O3. The lowest BCUT2D eigenvalue weighted by Gasteiger charge is -2.26. The van der Waals surface area contributed by atoms with Crippen LogP contribution in [-0.4, -0.2) is 60.4 Å². The SMILES string of the molecule is O=C(O)c1cc(F)cnc1NCCCN1CCOCC1. The molecule has 0 spiro atoms. The first kappa shape index (κ1) is 14.7. The number of carboxylic acids is 1. The van der Waals surface area contributed by atoms with Crippen LogP contribution in [0.15, 0.2) is 12.3 Å². The highest BCUT2D eigenvalue weighted by atomic mass is 19.1. The van der Waals surface area contributed by atoms with Crippen LogP contribution in [0.5, 0.6) is 0 Å². The van der Waals surface area contributed by atoms with Crippen LogP contribution in [0.3, 0.4) is 0 Å². The predicted octanol–water partition coefficient (Wildman–Crippen LogP) is 1.05. The number of carboxylic acid groups (broad SMARTS) is 1. The average molecular weight is 283 g/mol. The topological polar surface area (TPSA) is 74.7 Å². The van der Waals surface area contributed by atoms with Gasteiger partial charge in [0.15, 0.2) is 0 Å². The minimum Gasteiger partial charge on any atom is -0.478 e. The maximum absolute atomic E-state index is 13.0. The number of carbonyl (C=O) groups is 1. The van der Waals surface area contributed by atoms with Gasteiger partial charge in [0, 0.05) is 19.6 Å². The van der Waals surface area contributed by atoms with Gasteiger partial charge in [-0.25, -0.2) is 14.2 Å². The van der Waals surface area contributed by atoms with E-state index in [0.29, 0.717) is 6.54 Å². The maximum Gasteiger partial charge on any atom is 0.339 e. The van der Waals surface area contributed by atoms with Gasteiger partial charge in [-0.1, -0.05) is 0 Å². The van der Waals surface area contributed by atoms with E-state index in [1.165, 1.54) is 0 Å². The molecular weight excluding hydrogens is 265 g/mol. The number of pyridine rings is 1. The van der Waals surface area contributed by atoms with Crippen LogP contribution in [0.25, 0.3) is 0 Å². The number of aromatic nitrogens is 1. The molecule has 1 saturated heterocycles. The molecule has 1 aromatic heterocycles. The van der Waals surface area contributed by atoms with Crippen molar-refractivity contribution in [2.24, 2.45) is 0 Å². The summed E-state index contributed by atoms with van der Waals surface area (Å²) >= 11 is 0. The molecule has 1 fully saturated rings. The number of halogens is 1. The fourth-order valence-corrected chi connectivity index (χ4v) is 2.08. The molecule has 0 aliphatic carbocycles. The summed E-state index contributed by atoms with van der Waals surface area (Å²) in [5.74, 6) is -1.63. The second-order valence-electron chi connectivity index (χ2n) is 4.59. The van der Waals surface area contributed by atoms with Crippen LogP contribution >= 0.6 is 0 Å². The monoisotopic (exact) mass is 283 g/mol. The highest BCUT2D eigenvalue weighted by Crippen LogP contribution is 2.13. The van der Waals surface area contributed by atoms with E-state index in [4.69, 9.17) is 9.84 Å². The summed E-state index contributed by atoms with van der Waals surface area (Å²) in [6.07, 6.45) is 1.87. The Bertz CT molecular complexity index is 464. The standard InChI is InChI=1S/C13H18FN3O3/c14-10-8-11(13(18)19)12(16-9-10)15-2-1-3-17-4-6-20-7-5-17/h8-9H,1-7H2,(H,15,16)(H,18,19). The Morgan fingerprint density at radius 3 is 2.95 bits per heavy atom. The van der Waals surface area contributed by atoms with Gasteiger partial charge in [-0.05, 0) is 19.0 Å². The fraction of sp³-hybridized carbons (Fsp3) is 0.538. The number of nitrogens with zero attached hydrogens (tertiary/aromatic N) is 2. The zero-order valence-corrected chi connectivity index (χ0v) is 11.1. The first-order valence-electron chi connectivity index (χ1n) is 6.59. The summed E-state index contributed by atoms with van der Waals surface area (Å²) in [6, 6.07) is 0.972. The molecule has 1 aromatic rings. The van der Waals surface area contributed by atoms with Gasteiger partial charge in [-0.2, -0.15) is 0 Å². The molecule has 0 aromatic carbocycles. The molecule has 20 heavy (non-hydrogen) atoms. The Labute approximate surface area is 116 Å². The summed E-state index contributed by atoms with van der Waals surface area (Å²) in [6.45, 7) is 4.88. The number of hydrogen-bond acceptors (Lipinski definition) is 5. The van der Waals surface area contributed by atoms with E-state index < -0.39 is 11.8 Å². The Kier molecular flexibility index (Phi) is 5.25. The van der Waals surface area contributed by atoms with Crippen LogP contribution in [0.2, 0.25) is 0 Å². The number of aromatic carboxylic acids is 1. The second kappa shape index (κ2) is 7.16. The van der Waals surface area contributed by atoms with Crippen molar-refractivity contribution < 1.29 is 19.0 Å². The van der Waals surface area contributed by atoms with E-state index in [2.05, 4.69) is 15.2 Å². The van der Waals surface area contributed by atoms with Crippen LogP contribution in [0, 0.1) is 5.82 Å². The average Bonchev–Trinajstić information content (AvgIpc) is 2.45. The molecule has 1 aliphatic heterocycles. The molecule has 0 bridgehead atoms. The van der Waals surface area contributed by atoms with E-state index in [9.17, 15) is 9.18 Å². The third-order valence-electron chi connectivity index (χ3n) is 3.13. The minimum atomic E-state index is -1.19. The molecule has 0 atom stereocenters. The zero-order valence-electron chi connectivity index (χ0n) is 11.1. The number of nitrogens with one attached hydrogen (secondary N) is 1. The van der Waals surface area contributed by atoms with Gasteiger partial charge in [0.05, 0.1) is 19.4 Å². The van der Waals surface area contributed by atoms with Gasteiger partial charge in [0.2, 0.25) is 0 Å². The summed E-state index contributed by atoms with van der Waals surface area (Å²) in [5.41, 5.74) is -0.142. The molecule has 2 rings (SSSR count). The number of rotatable bonds is 6. The van der Waals surface area contributed by atoms with Crippen molar-refractivity contribution in [3.8, 4) is 0 Å². The van der Waals surface area contributed by atoms with E-state index in [-0.39, 0.29) is 11.4 Å². The highest BCUT2D eigenvalue weighted by molar-refractivity contribution is 5.93. The van der Waals surface area contributed by atoms with Crippen molar-refractivity contribution in [3.63, 3.8) is 0 Å². The lowest BCUT2D eigenvalue weighted by molar-refractivity contribution is 0.0378. The second-order valence-corrected chi connectivity index (χ2v) is 4.59. The molecule has 110 valence electrons. The Morgan fingerprint density at radius 1 is 1.50 bits per heavy atom. The lowest BCUT2D eigenvalue weighted by atomic mass is 10.2.